The molecule has 2 rings (SSSR count). The molecule has 1 aromatic heterocycles. The zero-order valence-corrected chi connectivity index (χ0v) is 13.2. The van der Waals surface area contributed by atoms with E-state index in [2.05, 4.69) is 32.2 Å². The van der Waals surface area contributed by atoms with Gasteiger partial charge in [0.25, 0.3) is 0 Å². The number of ether oxygens (including phenoxy) is 1. The second kappa shape index (κ2) is 6.87. The van der Waals surface area contributed by atoms with Gasteiger partial charge in [-0.1, -0.05) is 0 Å². The summed E-state index contributed by atoms with van der Waals surface area (Å²) in [6.45, 7) is 4.48. The number of anilines is 1. The van der Waals surface area contributed by atoms with Gasteiger partial charge in [0.2, 0.25) is 5.91 Å². The summed E-state index contributed by atoms with van der Waals surface area (Å²) in [4.78, 5) is 20.3. The van der Waals surface area contributed by atoms with Crippen LogP contribution < -0.4 is 10.2 Å². The number of aryl methyl sites for hydroxylation is 1. The standard InChI is InChI=1S/C15H24N4O2/c1-11-7-12(18(3)4)8-13(17-11)14-9-19(5-6-21-14)10-15(20)16-2/h7-8,14H,5-6,9-10H2,1-4H3,(H,16,20). The van der Waals surface area contributed by atoms with Crippen molar-refractivity contribution in [3.05, 3.63) is 23.5 Å². The number of carbonyl (C=O) groups is 1. The normalized spacial score (nSPS) is 19.3. The smallest absolute Gasteiger partial charge is 0.233 e. The monoisotopic (exact) mass is 292 g/mol. The van der Waals surface area contributed by atoms with Gasteiger partial charge in [-0.15, -0.1) is 0 Å². The summed E-state index contributed by atoms with van der Waals surface area (Å²) in [6.07, 6.45) is -0.0815. The summed E-state index contributed by atoms with van der Waals surface area (Å²) in [5.41, 5.74) is 3.02. The molecule has 0 radical (unpaired) electrons. The van der Waals surface area contributed by atoms with Crippen LogP contribution >= 0.6 is 0 Å². The first-order valence-electron chi connectivity index (χ1n) is 7.20. The first-order chi connectivity index (χ1) is 9.99. The Kier molecular flexibility index (Phi) is 5.14. The Bertz CT molecular complexity index is 504. The number of hydrogen-bond acceptors (Lipinski definition) is 5. The number of amides is 1. The van der Waals surface area contributed by atoms with Crippen LogP contribution in [-0.2, 0) is 9.53 Å². The van der Waals surface area contributed by atoms with Crippen LogP contribution in [0, 0.1) is 6.92 Å². The van der Waals surface area contributed by atoms with Crippen molar-refractivity contribution in [2.24, 2.45) is 0 Å². The summed E-state index contributed by atoms with van der Waals surface area (Å²) in [7, 11) is 5.68. The Labute approximate surface area is 126 Å². The highest BCUT2D eigenvalue weighted by molar-refractivity contribution is 5.77. The molecule has 2 heterocycles. The van der Waals surface area contributed by atoms with Gasteiger partial charge in [0, 0.05) is 45.6 Å². The molecule has 116 valence electrons. The van der Waals surface area contributed by atoms with Crippen LogP contribution in [0.4, 0.5) is 5.69 Å². The molecule has 1 amide bonds. The van der Waals surface area contributed by atoms with Gasteiger partial charge >= 0.3 is 0 Å². The van der Waals surface area contributed by atoms with Crippen molar-refractivity contribution in [2.45, 2.75) is 13.0 Å². The molecule has 1 atom stereocenters. The van der Waals surface area contributed by atoms with Crippen LogP contribution in [0.3, 0.4) is 0 Å². The molecule has 1 aromatic rings. The van der Waals surface area contributed by atoms with Gasteiger partial charge in [-0.3, -0.25) is 14.7 Å². The van der Waals surface area contributed by atoms with Crippen LogP contribution in [0.15, 0.2) is 12.1 Å². The summed E-state index contributed by atoms with van der Waals surface area (Å²) >= 11 is 0. The average molecular weight is 292 g/mol. The van der Waals surface area contributed by atoms with Gasteiger partial charge in [-0.2, -0.15) is 0 Å². The summed E-state index contributed by atoms with van der Waals surface area (Å²) in [6, 6.07) is 4.11. The third-order valence-corrected chi connectivity index (χ3v) is 3.60. The van der Waals surface area contributed by atoms with Crippen molar-refractivity contribution in [2.75, 3.05) is 52.3 Å². The molecule has 1 aliphatic heterocycles. The van der Waals surface area contributed by atoms with Gasteiger partial charge in [-0.25, -0.2) is 0 Å². The summed E-state index contributed by atoms with van der Waals surface area (Å²) in [5, 5.41) is 2.66. The van der Waals surface area contributed by atoms with Crippen molar-refractivity contribution in [3.63, 3.8) is 0 Å². The zero-order valence-electron chi connectivity index (χ0n) is 13.2. The third kappa shape index (κ3) is 4.15. The first kappa shape index (κ1) is 15.7. The average Bonchev–Trinajstić information content (AvgIpc) is 2.46. The van der Waals surface area contributed by atoms with E-state index in [1.165, 1.54) is 0 Å². The number of morpholine rings is 1. The number of aromatic nitrogens is 1. The zero-order chi connectivity index (χ0) is 15.4. The molecular formula is C15H24N4O2. The van der Waals surface area contributed by atoms with E-state index in [1.54, 1.807) is 7.05 Å². The number of pyridine rings is 1. The number of likely N-dealkylation sites (N-methyl/N-ethyl adjacent to an activating group) is 1. The fraction of sp³-hybridized carbons (Fsp3) is 0.600. The van der Waals surface area contributed by atoms with Gasteiger partial charge in [0.15, 0.2) is 0 Å². The highest BCUT2D eigenvalue weighted by atomic mass is 16.5. The van der Waals surface area contributed by atoms with Gasteiger partial charge in [-0.05, 0) is 19.1 Å². The third-order valence-electron chi connectivity index (χ3n) is 3.60. The lowest BCUT2D eigenvalue weighted by molar-refractivity contribution is -0.123. The first-order valence-corrected chi connectivity index (χ1v) is 7.20. The molecule has 0 aliphatic carbocycles. The van der Waals surface area contributed by atoms with Crippen LogP contribution in [0.1, 0.15) is 17.5 Å². The topological polar surface area (TPSA) is 57.7 Å². The lowest BCUT2D eigenvalue weighted by Crippen LogP contribution is -2.43. The second-order valence-corrected chi connectivity index (χ2v) is 5.55. The van der Waals surface area contributed by atoms with E-state index < -0.39 is 0 Å². The number of nitrogens with one attached hydrogen (secondary N) is 1. The molecule has 0 saturated carbocycles. The van der Waals surface area contributed by atoms with E-state index in [4.69, 9.17) is 4.74 Å². The Morgan fingerprint density at radius 3 is 2.95 bits per heavy atom. The fourth-order valence-electron chi connectivity index (χ4n) is 2.41. The van der Waals surface area contributed by atoms with Crippen LogP contribution in [0.2, 0.25) is 0 Å². The maximum absolute atomic E-state index is 11.5. The maximum Gasteiger partial charge on any atom is 0.233 e. The highest BCUT2D eigenvalue weighted by Crippen LogP contribution is 2.24. The van der Waals surface area contributed by atoms with E-state index in [0.29, 0.717) is 19.7 Å². The van der Waals surface area contributed by atoms with Crippen molar-refractivity contribution < 1.29 is 9.53 Å². The van der Waals surface area contributed by atoms with Gasteiger partial charge < -0.3 is 15.0 Å². The lowest BCUT2D eigenvalue weighted by atomic mass is 10.1. The van der Waals surface area contributed by atoms with E-state index in [9.17, 15) is 4.79 Å². The molecule has 1 saturated heterocycles. The van der Waals surface area contributed by atoms with Crippen molar-refractivity contribution in [1.82, 2.24) is 15.2 Å². The van der Waals surface area contributed by atoms with E-state index >= 15 is 0 Å². The quantitative estimate of drug-likeness (QED) is 0.879. The van der Waals surface area contributed by atoms with E-state index in [0.717, 1.165) is 23.6 Å². The highest BCUT2D eigenvalue weighted by Gasteiger charge is 2.24. The van der Waals surface area contributed by atoms with Crippen LogP contribution in [0.25, 0.3) is 0 Å². The van der Waals surface area contributed by atoms with Crippen molar-refractivity contribution in [3.8, 4) is 0 Å². The van der Waals surface area contributed by atoms with Crippen molar-refractivity contribution >= 4 is 11.6 Å². The Morgan fingerprint density at radius 1 is 1.52 bits per heavy atom. The number of rotatable bonds is 4. The molecular weight excluding hydrogens is 268 g/mol. The molecule has 21 heavy (non-hydrogen) atoms. The summed E-state index contributed by atoms with van der Waals surface area (Å²) < 4.78 is 5.84. The largest absolute Gasteiger partial charge is 0.378 e. The maximum atomic E-state index is 11.5. The minimum atomic E-state index is -0.0815. The number of hydrogen-bond donors (Lipinski definition) is 1. The minimum Gasteiger partial charge on any atom is -0.378 e. The fourth-order valence-corrected chi connectivity index (χ4v) is 2.41. The van der Waals surface area contributed by atoms with Crippen LogP contribution in [0.5, 0.6) is 0 Å². The molecule has 1 unspecified atom stereocenters. The number of nitrogens with zero attached hydrogens (tertiary/aromatic N) is 3. The van der Waals surface area contributed by atoms with Gasteiger partial charge in [0.05, 0.1) is 18.8 Å². The molecule has 6 nitrogen and oxygen atoms in total. The Hall–Kier alpha value is -1.66. The molecule has 1 N–H and O–H groups in total. The van der Waals surface area contributed by atoms with E-state index in [1.807, 2.05) is 21.0 Å². The number of carbonyl (C=O) groups excluding carboxylic acids is 1. The second-order valence-electron chi connectivity index (χ2n) is 5.55. The SMILES string of the molecule is CNC(=O)CN1CCOC(c2cc(N(C)C)cc(C)n2)C1. The molecule has 1 aliphatic rings. The molecule has 1 fully saturated rings. The molecule has 0 aromatic carbocycles. The van der Waals surface area contributed by atoms with Gasteiger partial charge in [0.1, 0.15) is 6.10 Å². The van der Waals surface area contributed by atoms with Crippen LogP contribution in [-0.4, -0.2) is 63.2 Å². The predicted octanol–water partition coefficient (Wildman–Crippen LogP) is 0.575. The Morgan fingerprint density at radius 2 is 2.29 bits per heavy atom. The minimum absolute atomic E-state index is 0.0295. The lowest BCUT2D eigenvalue weighted by Gasteiger charge is -2.32. The Balaban J connectivity index is 2.12. The summed E-state index contributed by atoms with van der Waals surface area (Å²) in [5.74, 6) is 0.0295. The molecule has 0 bridgehead atoms. The molecule has 6 heteroatoms. The van der Waals surface area contributed by atoms with Crippen molar-refractivity contribution in [1.29, 1.82) is 0 Å². The molecule has 0 spiro atoms. The predicted molar refractivity (Wildman–Crippen MR) is 82.5 cm³/mol. The van der Waals surface area contributed by atoms with E-state index in [-0.39, 0.29) is 12.0 Å².